The van der Waals surface area contributed by atoms with Gasteiger partial charge in [-0.15, -0.1) is 0 Å². The Bertz CT molecular complexity index is 864. The molecule has 0 bridgehead atoms. The van der Waals surface area contributed by atoms with Crippen LogP contribution < -0.4 is 10.6 Å². The monoisotopic (exact) mass is 375 g/mol. The fourth-order valence-corrected chi connectivity index (χ4v) is 5.28. The fraction of sp³-hybridized carbons (Fsp3) is 0.458. The molecule has 3 aliphatic rings. The first-order valence-corrected chi connectivity index (χ1v) is 10.7. The molecule has 2 aromatic rings. The Kier molecular flexibility index (Phi) is 4.59. The van der Waals surface area contributed by atoms with E-state index in [-0.39, 0.29) is 11.3 Å². The van der Waals surface area contributed by atoms with Crippen molar-refractivity contribution >= 4 is 11.6 Å². The van der Waals surface area contributed by atoms with Crippen LogP contribution in [-0.4, -0.2) is 43.5 Å². The fourth-order valence-electron chi connectivity index (χ4n) is 5.28. The van der Waals surface area contributed by atoms with E-state index in [1.807, 2.05) is 12.1 Å². The number of piperidine rings is 1. The topological polar surface area (TPSA) is 44.4 Å². The first kappa shape index (κ1) is 17.7. The van der Waals surface area contributed by atoms with Gasteiger partial charge in [0, 0.05) is 36.3 Å². The normalized spacial score (nSPS) is 22.9. The van der Waals surface area contributed by atoms with Crippen LogP contribution in [0.25, 0.3) is 0 Å². The highest BCUT2D eigenvalue weighted by Gasteiger charge is 2.42. The molecule has 3 aliphatic heterocycles. The van der Waals surface area contributed by atoms with Crippen LogP contribution in [0.5, 0.6) is 0 Å². The molecule has 0 aromatic heterocycles. The Balaban J connectivity index is 1.26. The Morgan fingerprint density at radius 2 is 1.96 bits per heavy atom. The number of hydrogen-bond acceptors (Lipinski definition) is 3. The van der Waals surface area contributed by atoms with E-state index in [2.05, 4.69) is 51.9 Å². The maximum Gasteiger partial charge on any atom is 0.253 e. The van der Waals surface area contributed by atoms with Gasteiger partial charge in [-0.2, -0.15) is 0 Å². The van der Waals surface area contributed by atoms with Crippen LogP contribution in [0.3, 0.4) is 0 Å². The largest absolute Gasteiger partial charge is 0.384 e. The zero-order chi connectivity index (χ0) is 19.0. The number of carbonyl (C=O) groups excluding carboxylic acids is 1. The summed E-state index contributed by atoms with van der Waals surface area (Å²) in [4.78, 5) is 15.2. The minimum atomic E-state index is 0.195. The summed E-state index contributed by atoms with van der Waals surface area (Å²) in [6, 6.07) is 17.0. The van der Waals surface area contributed by atoms with Crippen LogP contribution in [0.4, 0.5) is 5.69 Å². The molecule has 1 unspecified atom stereocenters. The first-order valence-electron chi connectivity index (χ1n) is 10.7. The number of hydrogen-bond donors (Lipinski definition) is 2. The molecule has 0 aliphatic carbocycles. The van der Waals surface area contributed by atoms with Crippen LogP contribution in [-0.2, 0) is 11.8 Å². The molecule has 2 fully saturated rings. The summed E-state index contributed by atoms with van der Waals surface area (Å²) in [5.74, 6) is 0.899. The van der Waals surface area contributed by atoms with E-state index in [0.29, 0.717) is 5.92 Å². The number of likely N-dealkylation sites (tertiary alicyclic amines) is 1. The predicted octanol–water partition coefficient (Wildman–Crippen LogP) is 3.44. The molecule has 28 heavy (non-hydrogen) atoms. The van der Waals surface area contributed by atoms with Gasteiger partial charge < -0.3 is 15.5 Å². The molecule has 1 atom stereocenters. The maximum atomic E-state index is 13.1. The van der Waals surface area contributed by atoms with Crippen molar-refractivity contribution in [3.63, 3.8) is 0 Å². The first-order chi connectivity index (χ1) is 13.7. The Hall–Kier alpha value is -2.33. The van der Waals surface area contributed by atoms with Crippen molar-refractivity contribution < 1.29 is 4.79 Å². The molecular formula is C24H29N3O. The number of fused-ring (bicyclic) bond motifs is 2. The summed E-state index contributed by atoms with van der Waals surface area (Å²) in [5, 5.41) is 7.00. The number of nitrogens with zero attached hydrogens (tertiary/aromatic N) is 1. The van der Waals surface area contributed by atoms with Gasteiger partial charge in [-0.05, 0) is 74.0 Å². The second-order valence-corrected chi connectivity index (χ2v) is 8.73. The third-order valence-corrected chi connectivity index (χ3v) is 6.98. The zero-order valence-corrected chi connectivity index (χ0v) is 16.4. The van der Waals surface area contributed by atoms with Gasteiger partial charge in [-0.3, -0.25) is 4.79 Å². The zero-order valence-electron chi connectivity index (χ0n) is 16.4. The average molecular weight is 376 g/mol. The lowest BCUT2D eigenvalue weighted by Crippen LogP contribution is -2.46. The molecular weight excluding hydrogens is 346 g/mol. The standard InChI is InChI=1S/C24H29N3O/c28-23(20-5-3-4-18(15-20)14-19-8-11-25-16-19)27-12-9-24(10-13-27)17-26-22-7-2-1-6-21(22)24/h1-7,15,19,25-26H,8-14,16-17H2. The maximum absolute atomic E-state index is 13.1. The predicted molar refractivity (Wildman–Crippen MR) is 113 cm³/mol. The quantitative estimate of drug-likeness (QED) is 0.864. The van der Waals surface area contributed by atoms with Crippen molar-refractivity contribution in [3.8, 4) is 0 Å². The van der Waals surface area contributed by atoms with Crippen molar-refractivity contribution in [1.82, 2.24) is 10.2 Å². The smallest absolute Gasteiger partial charge is 0.253 e. The van der Waals surface area contributed by atoms with E-state index in [4.69, 9.17) is 0 Å². The highest BCUT2D eigenvalue weighted by molar-refractivity contribution is 5.94. The molecule has 4 nitrogen and oxygen atoms in total. The summed E-state index contributed by atoms with van der Waals surface area (Å²) in [5.41, 5.74) is 5.06. The number of rotatable bonds is 3. The van der Waals surface area contributed by atoms with Gasteiger partial charge in [-0.25, -0.2) is 0 Å². The van der Waals surface area contributed by atoms with Crippen LogP contribution >= 0.6 is 0 Å². The minimum Gasteiger partial charge on any atom is -0.384 e. The number of para-hydroxylation sites is 1. The SMILES string of the molecule is O=C(c1cccc(CC2CCNC2)c1)N1CCC2(CC1)CNc1ccccc12. The third kappa shape index (κ3) is 3.20. The molecule has 2 N–H and O–H groups in total. The van der Waals surface area contributed by atoms with Crippen molar-refractivity contribution in [2.45, 2.75) is 31.1 Å². The molecule has 2 saturated heterocycles. The summed E-state index contributed by atoms with van der Waals surface area (Å²) < 4.78 is 0. The molecule has 2 aromatic carbocycles. The van der Waals surface area contributed by atoms with Crippen molar-refractivity contribution in [2.75, 3.05) is 38.0 Å². The Labute approximate surface area is 167 Å². The van der Waals surface area contributed by atoms with Gasteiger partial charge in [0.15, 0.2) is 0 Å². The van der Waals surface area contributed by atoms with Gasteiger partial charge in [-0.1, -0.05) is 30.3 Å². The van der Waals surface area contributed by atoms with Crippen molar-refractivity contribution in [1.29, 1.82) is 0 Å². The summed E-state index contributed by atoms with van der Waals surface area (Å²) >= 11 is 0. The van der Waals surface area contributed by atoms with Gasteiger partial charge >= 0.3 is 0 Å². The average Bonchev–Trinajstić information content (AvgIpc) is 3.37. The van der Waals surface area contributed by atoms with Crippen molar-refractivity contribution in [3.05, 3.63) is 65.2 Å². The summed E-state index contributed by atoms with van der Waals surface area (Å²) in [7, 11) is 0. The second kappa shape index (κ2) is 7.25. The van der Waals surface area contributed by atoms with Crippen molar-refractivity contribution in [2.24, 2.45) is 5.92 Å². The number of carbonyl (C=O) groups is 1. The Morgan fingerprint density at radius 3 is 2.79 bits per heavy atom. The lowest BCUT2D eigenvalue weighted by atomic mass is 9.74. The second-order valence-electron chi connectivity index (χ2n) is 8.73. The van der Waals surface area contributed by atoms with E-state index in [1.54, 1.807) is 0 Å². The van der Waals surface area contributed by atoms with E-state index in [9.17, 15) is 4.79 Å². The Morgan fingerprint density at radius 1 is 1.11 bits per heavy atom. The summed E-state index contributed by atoms with van der Waals surface area (Å²) in [6.45, 7) is 4.90. The van der Waals surface area contributed by atoms with Gasteiger partial charge in [0.05, 0.1) is 0 Å². The van der Waals surface area contributed by atoms with Gasteiger partial charge in [0.1, 0.15) is 0 Å². The van der Waals surface area contributed by atoms with Gasteiger partial charge in [0.25, 0.3) is 5.91 Å². The molecule has 1 amide bonds. The highest BCUT2D eigenvalue weighted by atomic mass is 16.2. The third-order valence-electron chi connectivity index (χ3n) is 6.98. The van der Waals surface area contributed by atoms with E-state index >= 15 is 0 Å². The van der Waals surface area contributed by atoms with E-state index in [1.165, 1.54) is 23.2 Å². The molecule has 146 valence electrons. The summed E-state index contributed by atoms with van der Waals surface area (Å²) in [6.07, 6.45) is 4.38. The van der Waals surface area contributed by atoms with Gasteiger partial charge in [0.2, 0.25) is 0 Å². The molecule has 3 heterocycles. The highest BCUT2D eigenvalue weighted by Crippen LogP contribution is 2.43. The minimum absolute atomic E-state index is 0.195. The van der Waals surface area contributed by atoms with E-state index in [0.717, 1.165) is 57.5 Å². The molecule has 0 saturated carbocycles. The van der Waals surface area contributed by atoms with E-state index < -0.39 is 0 Å². The number of nitrogens with one attached hydrogen (secondary N) is 2. The molecule has 5 rings (SSSR count). The number of anilines is 1. The van der Waals surface area contributed by atoms with Crippen LogP contribution in [0.2, 0.25) is 0 Å². The lowest BCUT2D eigenvalue weighted by Gasteiger charge is -2.39. The molecule has 1 spiro atoms. The molecule has 4 heteroatoms. The van der Waals surface area contributed by atoms with Crippen LogP contribution in [0, 0.1) is 5.92 Å². The molecule has 0 radical (unpaired) electrons. The number of amides is 1. The lowest BCUT2D eigenvalue weighted by molar-refractivity contribution is 0.0676. The van der Waals surface area contributed by atoms with Crippen LogP contribution in [0.1, 0.15) is 40.7 Å². The number of benzene rings is 2. The van der Waals surface area contributed by atoms with Crippen LogP contribution in [0.15, 0.2) is 48.5 Å².